The summed E-state index contributed by atoms with van der Waals surface area (Å²) in [5.74, 6) is 1.38. The third-order valence-electron chi connectivity index (χ3n) is 4.76. The molecular weight excluding hydrogens is 230 g/mol. The molecule has 0 amide bonds. The van der Waals surface area contributed by atoms with Gasteiger partial charge in [-0.05, 0) is 60.3 Å². The van der Waals surface area contributed by atoms with Crippen LogP contribution < -0.4 is 5.73 Å². The lowest BCUT2D eigenvalue weighted by Crippen LogP contribution is -2.21. The van der Waals surface area contributed by atoms with Gasteiger partial charge in [-0.15, -0.1) is 0 Å². The van der Waals surface area contributed by atoms with Gasteiger partial charge in [0.05, 0.1) is 0 Å². The molecule has 0 spiro atoms. The predicted octanol–water partition coefficient (Wildman–Crippen LogP) is 4.53. The molecule has 1 nitrogen and oxygen atoms in total. The number of aryl methyl sites for hydroxylation is 1. The van der Waals surface area contributed by atoms with Crippen molar-refractivity contribution in [2.45, 2.75) is 64.7 Å². The van der Waals surface area contributed by atoms with Gasteiger partial charge in [-0.3, -0.25) is 0 Å². The van der Waals surface area contributed by atoms with Crippen molar-refractivity contribution in [3.63, 3.8) is 0 Å². The number of rotatable bonds is 3. The van der Waals surface area contributed by atoms with Crippen LogP contribution in [-0.4, -0.2) is 6.54 Å². The fourth-order valence-electron chi connectivity index (χ4n) is 3.49. The zero-order valence-electron chi connectivity index (χ0n) is 13.0. The lowest BCUT2D eigenvalue weighted by molar-refractivity contribution is 0.438. The summed E-state index contributed by atoms with van der Waals surface area (Å²) < 4.78 is 0. The Labute approximate surface area is 118 Å². The summed E-state index contributed by atoms with van der Waals surface area (Å²) in [5, 5.41) is 0. The van der Waals surface area contributed by atoms with E-state index in [1.807, 2.05) is 0 Å². The highest BCUT2D eigenvalue weighted by Crippen LogP contribution is 2.38. The average Bonchev–Trinajstić information content (AvgIpc) is 2.84. The summed E-state index contributed by atoms with van der Waals surface area (Å²) in [6, 6.07) is 7.01. The molecule has 1 aliphatic carbocycles. The molecule has 2 rings (SSSR count). The third kappa shape index (κ3) is 3.20. The van der Waals surface area contributed by atoms with Crippen LogP contribution in [0, 0.1) is 12.8 Å². The standard InChI is InChI=1S/C18H29N/c1-13-11-15(18(2,3)4)9-10-16(13)17(12-19)14-7-5-6-8-14/h9-11,14,17H,5-8,12,19H2,1-4H3. The van der Waals surface area contributed by atoms with Crippen LogP contribution in [0.25, 0.3) is 0 Å². The number of benzene rings is 1. The zero-order valence-corrected chi connectivity index (χ0v) is 13.0. The lowest BCUT2D eigenvalue weighted by atomic mass is 9.79. The summed E-state index contributed by atoms with van der Waals surface area (Å²) >= 11 is 0. The van der Waals surface area contributed by atoms with Crippen molar-refractivity contribution in [2.75, 3.05) is 6.54 Å². The van der Waals surface area contributed by atoms with E-state index in [1.165, 1.54) is 42.4 Å². The first kappa shape index (κ1) is 14.6. The molecule has 0 aromatic heterocycles. The fourth-order valence-corrected chi connectivity index (χ4v) is 3.49. The second-order valence-electron chi connectivity index (χ2n) is 7.21. The molecule has 1 heteroatoms. The van der Waals surface area contributed by atoms with E-state index in [1.54, 1.807) is 0 Å². The quantitative estimate of drug-likeness (QED) is 0.848. The molecule has 0 heterocycles. The highest BCUT2D eigenvalue weighted by atomic mass is 14.6. The Morgan fingerprint density at radius 2 is 1.84 bits per heavy atom. The highest BCUT2D eigenvalue weighted by molar-refractivity contribution is 5.37. The maximum Gasteiger partial charge on any atom is -0.000546 e. The summed E-state index contributed by atoms with van der Waals surface area (Å²) in [6.45, 7) is 9.87. The van der Waals surface area contributed by atoms with Crippen LogP contribution in [-0.2, 0) is 5.41 Å². The highest BCUT2D eigenvalue weighted by Gasteiger charge is 2.26. The number of hydrogen-bond donors (Lipinski definition) is 1. The van der Waals surface area contributed by atoms with Crippen LogP contribution in [0.5, 0.6) is 0 Å². The summed E-state index contributed by atoms with van der Waals surface area (Å²) in [4.78, 5) is 0. The molecule has 1 unspecified atom stereocenters. The molecule has 0 bridgehead atoms. The van der Waals surface area contributed by atoms with Crippen LogP contribution in [0.2, 0.25) is 0 Å². The molecule has 0 aliphatic heterocycles. The Morgan fingerprint density at radius 1 is 1.21 bits per heavy atom. The first-order chi connectivity index (χ1) is 8.93. The van der Waals surface area contributed by atoms with Crippen LogP contribution >= 0.6 is 0 Å². The van der Waals surface area contributed by atoms with Crippen LogP contribution in [0.1, 0.15) is 69.1 Å². The van der Waals surface area contributed by atoms with E-state index in [2.05, 4.69) is 45.9 Å². The Balaban J connectivity index is 2.28. The minimum Gasteiger partial charge on any atom is -0.330 e. The molecule has 1 aromatic carbocycles. The molecule has 0 radical (unpaired) electrons. The normalized spacial score (nSPS) is 18.8. The first-order valence-corrected chi connectivity index (χ1v) is 7.74. The Kier molecular flexibility index (Phi) is 4.35. The molecule has 0 saturated heterocycles. The van der Waals surface area contributed by atoms with Crippen LogP contribution in [0.3, 0.4) is 0 Å². The monoisotopic (exact) mass is 259 g/mol. The van der Waals surface area contributed by atoms with Crippen LogP contribution in [0.15, 0.2) is 18.2 Å². The number of nitrogens with two attached hydrogens (primary N) is 1. The minimum absolute atomic E-state index is 0.231. The molecule has 1 aromatic rings. The van der Waals surface area contributed by atoms with Gasteiger partial charge in [-0.25, -0.2) is 0 Å². The van der Waals surface area contributed by atoms with Gasteiger partial charge in [0.1, 0.15) is 0 Å². The topological polar surface area (TPSA) is 26.0 Å². The molecular formula is C18H29N. The van der Waals surface area contributed by atoms with Gasteiger partial charge in [0.2, 0.25) is 0 Å². The molecule has 1 fully saturated rings. The van der Waals surface area contributed by atoms with E-state index in [0.29, 0.717) is 5.92 Å². The number of hydrogen-bond acceptors (Lipinski definition) is 1. The average molecular weight is 259 g/mol. The second kappa shape index (κ2) is 5.66. The van der Waals surface area contributed by atoms with Crippen LogP contribution in [0.4, 0.5) is 0 Å². The zero-order chi connectivity index (χ0) is 14.0. The van der Waals surface area contributed by atoms with E-state index < -0.39 is 0 Å². The lowest BCUT2D eigenvalue weighted by Gasteiger charge is -2.26. The Morgan fingerprint density at radius 3 is 2.32 bits per heavy atom. The SMILES string of the molecule is Cc1cc(C(C)(C)C)ccc1C(CN)C1CCCC1. The molecule has 1 aliphatic rings. The van der Waals surface area contributed by atoms with Crippen molar-refractivity contribution < 1.29 is 0 Å². The summed E-state index contributed by atoms with van der Waals surface area (Å²) in [7, 11) is 0. The molecule has 19 heavy (non-hydrogen) atoms. The Hall–Kier alpha value is -0.820. The van der Waals surface area contributed by atoms with Gasteiger partial charge in [-0.2, -0.15) is 0 Å². The maximum absolute atomic E-state index is 6.08. The van der Waals surface area contributed by atoms with Gasteiger partial charge >= 0.3 is 0 Å². The summed E-state index contributed by atoms with van der Waals surface area (Å²) in [6.07, 6.45) is 5.51. The van der Waals surface area contributed by atoms with Crippen molar-refractivity contribution in [1.82, 2.24) is 0 Å². The maximum atomic E-state index is 6.08. The van der Waals surface area contributed by atoms with Crippen molar-refractivity contribution in [1.29, 1.82) is 0 Å². The van der Waals surface area contributed by atoms with Crippen molar-refractivity contribution in [3.05, 3.63) is 34.9 Å². The third-order valence-corrected chi connectivity index (χ3v) is 4.76. The van der Waals surface area contributed by atoms with Gasteiger partial charge < -0.3 is 5.73 Å². The fraction of sp³-hybridized carbons (Fsp3) is 0.667. The van der Waals surface area contributed by atoms with Gasteiger partial charge in [0, 0.05) is 0 Å². The summed E-state index contributed by atoms with van der Waals surface area (Å²) in [5.41, 5.74) is 10.6. The van der Waals surface area contributed by atoms with Crippen molar-refractivity contribution in [3.8, 4) is 0 Å². The van der Waals surface area contributed by atoms with Crippen molar-refractivity contribution >= 4 is 0 Å². The Bertz CT molecular complexity index is 422. The van der Waals surface area contributed by atoms with Gasteiger partial charge in [0.15, 0.2) is 0 Å². The van der Waals surface area contributed by atoms with E-state index in [9.17, 15) is 0 Å². The molecule has 106 valence electrons. The molecule has 1 saturated carbocycles. The minimum atomic E-state index is 0.231. The predicted molar refractivity (Wildman–Crippen MR) is 83.6 cm³/mol. The largest absolute Gasteiger partial charge is 0.330 e. The van der Waals surface area contributed by atoms with E-state index in [4.69, 9.17) is 5.73 Å². The molecule has 2 N–H and O–H groups in total. The first-order valence-electron chi connectivity index (χ1n) is 7.74. The smallest absolute Gasteiger partial charge is 0.000546 e. The van der Waals surface area contributed by atoms with E-state index in [-0.39, 0.29) is 5.41 Å². The van der Waals surface area contributed by atoms with E-state index >= 15 is 0 Å². The molecule has 1 atom stereocenters. The van der Waals surface area contributed by atoms with Gasteiger partial charge in [0.25, 0.3) is 0 Å². The van der Waals surface area contributed by atoms with Crippen molar-refractivity contribution in [2.24, 2.45) is 11.7 Å². The van der Waals surface area contributed by atoms with E-state index in [0.717, 1.165) is 12.5 Å². The van der Waals surface area contributed by atoms with Gasteiger partial charge in [-0.1, -0.05) is 51.8 Å². The second-order valence-corrected chi connectivity index (χ2v) is 7.21.